The average Bonchev–Trinajstić information content (AvgIpc) is 3.40. The van der Waals surface area contributed by atoms with E-state index in [1.165, 1.54) is 6.07 Å². The van der Waals surface area contributed by atoms with Crippen LogP contribution in [0.5, 0.6) is 0 Å². The number of carbonyl (C=O) groups is 1. The summed E-state index contributed by atoms with van der Waals surface area (Å²) in [5.41, 5.74) is -0.0394. The number of pyridine rings is 1. The lowest BCUT2D eigenvalue weighted by Crippen LogP contribution is -2.24. The predicted octanol–water partition coefficient (Wildman–Crippen LogP) is 4.12. The molecule has 8 heteroatoms. The van der Waals surface area contributed by atoms with Crippen LogP contribution < -0.4 is 10.9 Å². The maximum Gasteiger partial charge on any atom is 0.419 e. The topological polar surface area (TPSA) is 62.0 Å². The minimum Gasteiger partial charge on any atom is -0.350 e. The summed E-state index contributed by atoms with van der Waals surface area (Å²) < 4.78 is 52.9. The Morgan fingerprint density at radius 2 is 1.83 bits per heavy atom. The Morgan fingerprint density at radius 1 is 1.07 bits per heavy atom. The molecular weight excluding hydrogens is 388 g/mol. The zero-order valence-corrected chi connectivity index (χ0v) is 15.3. The monoisotopic (exact) mass is 406 g/mol. The Kier molecular flexibility index (Phi) is 4.80. The Labute approximate surface area is 163 Å². The highest BCUT2D eigenvalue weighted by molar-refractivity contribution is 5.82. The molecule has 2 aromatic rings. The highest BCUT2D eigenvalue weighted by atomic mass is 19.4. The molecule has 0 radical (unpaired) electrons. The summed E-state index contributed by atoms with van der Waals surface area (Å²) in [6, 6.07) is 5.68. The van der Waals surface area contributed by atoms with Crippen LogP contribution >= 0.6 is 0 Å². The Morgan fingerprint density at radius 3 is 2.38 bits per heavy atom. The summed E-state index contributed by atoms with van der Waals surface area (Å²) in [6.45, 7) is 0. The van der Waals surface area contributed by atoms with E-state index in [4.69, 9.17) is 0 Å². The zero-order valence-electron chi connectivity index (χ0n) is 15.3. The molecule has 2 N–H and O–H groups in total. The quantitative estimate of drug-likeness (QED) is 0.751. The van der Waals surface area contributed by atoms with Gasteiger partial charge in [-0.1, -0.05) is 18.2 Å². The zero-order chi connectivity index (χ0) is 20.8. The largest absolute Gasteiger partial charge is 0.419 e. The summed E-state index contributed by atoms with van der Waals surface area (Å²) in [5.74, 6) is -1.30. The van der Waals surface area contributed by atoms with Gasteiger partial charge in [0.15, 0.2) is 0 Å². The molecule has 1 aliphatic heterocycles. The number of aromatic nitrogens is 1. The fourth-order valence-electron chi connectivity index (χ4n) is 3.58. The van der Waals surface area contributed by atoms with Crippen molar-refractivity contribution in [2.24, 2.45) is 0 Å². The Balaban J connectivity index is 1.78. The van der Waals surface area contributed by atoms with E-state index in [-0.39, 0.29) is 29.0 Å². The van der Waals surface area contributed by atoms with Gasteiger partial charge < -0.3 is 10.3 Å². The van der Waals surface area contributed by atoms with Crippen molar-refractivity contribution in [3.05, 3.63) is 75.0 Å². The molecular formula is C21H18F4N2O2. The molecule has 1 aliphatic carbocycles. The molecule has 2 heterocycles. The summed E-state index contributed by atoms with van der Waals surface area (Å²) >= 11 is 0. The van der Waals surface area contributed by atoms with Gasteiger partial charge >= 0.3 is 6.18 Å². The highest BCUT2D eigenvalue weighted by Crippen LogP contribution is 2.38. The first-order valence-electron chi connectivity index (χ1n) is 9.34. The van der Waals surface area contributed by atoms with Crippen LogP contribution in [0, 0.1) is 5.82 Å². The van der Waals surface area contributed by atoms with Crippen LogP contribution in [-0.4, -0.2) is 16.9 Å². The van der Waals surface area contributed by atoms with Crippen LogP contribution in [0.2, 0.25) is 0 Å². The van der Waals surface area contributed by atoms with Crippen molar-refractivity contribution in [1.29, 1.82) is 0 Å². The number of benzene rings is 1. The number of nitrogens with one attached hydrogen (secondary N) is 2. The van der Waals surface area contributed by atoms with E-state index in [9.17, 15) is 27.2 Å². The van der Waals surface area contributed by atoms with Crippen LogP contribution in [0.4, 0.5) is 17.6 Å². The van der Waals surface area contributed by atoms with Gasteiger partial charge in [-0.25, -0.2) is 4.39 Å². The fraction of sp³-hybridized carbons (Fsp3) is 0.333. The smallest absolute Gasteiger partial charge is 0.350 e. The molecule has 2 fully saturated rings. The van der Waals surface area contributed by atoms with E-state index in [0.717, 1.165) is 18.9 Å². The first-order valence-corrected chi connectivity index (χ1v) is 9.34. The number of aromatic amines is 1. The molecule has 2 aliphatic rings. The lowest BCUT2D eigenvalue weighted by Gasteiger charge is -2.14. The molecule has 4 nitrogen and oxygen atoms in total. The van der Waals surface area contributed by atoms with E-state index < -0.39 is 17.6 Å². The molecule has 1 saturated heterocycles. The summed E-state index contributed by atoms with van der Waals surface area (Å²) in [4.78, 5) is 26.7. The number of amides is 1. The first kappa shape index (κ1) is 19.4. The minimum absolute atomic E-state index is 0.137. The van der Waals surface area contributed by atoms with Crippen molar-refractivity contribution in [3.63, 3.8) is 0 Å². The molecule has 0 bridgehead atoms. The lowest BCUT2D eigenvalue weighted by molar-refractivity contribution is -0.140. The fourth-order valence-corrected chi connectivity index (χ4v) is 3.58. The van der Waals surface area contributed by atoms with Crippen molar-refractivity contribution in [1.82, 2.24) is 10.3 Å². The van der Waals surface area contributed by atoms with Gasteiger partial charge in [0.25, 0.3) is 5.56 Å². The number of rotatable bonds is 4. The normalized spacial score (nSPS) is 20.1. The van der Waals surface area contributed by atoms with Gasteiger partial charge in [-0.05, 0) is 48.9 Å². The molecule has 1 aromatic carbocycles. The molecule has 29 heavy (non-hydrogen) atoms. The third-order valence-electron chi connectivity index (χ3n) is 5.23. The number of hydrogen-bond acceptors (Lipinski definition) is 2. The number of hydrogen-bond donors (Lipinski definition) is 2. The van der Waals surface area contributed by atoms with Gasteiger partial charge in [0.1, 0.15) is 5.82 Å². The van der Waals surface area contributed by atoms with Gasteiger partial charge in [0.2, 0.25) is 5.91 Å². The Bertz CT molecular complexity index is 1050. The van der Waals surface area contributed by atoms with Crippen LogP contribution in [0.1, 0.15) is 54.0 Å². The molecule has 1 aromatic heterocycles. The average molecular weight is 406 g/mol. The standard InChI is InChI=1S/C21H18F4N2O2/c22-17-9-12(3-6-16(17)21(23,24)25)15(10-13-4-8-19(28)26-13)18-7-5-14(11-1-2-11)20(29)27-18/h3,5-7,9-11,13H,1-2,4,8H2,(H,26,28)(H,27,29)/t13-/m1/s1. The van der Waals surface area contributed by atoms with Crippen molar-refractivity contribution >= 4 is 11.5 Å². The molecule has 0 spiro atoms. The second kappa shape index (κ2) is 7.17. The van der Waals surface area contributed by atoms with E-state index >= 15 is 0 Å². The molecule has 1 atom stereocenters. The number of halogens is 4. The number of H-pyrrole nitrogens is 1. The summed E-state index contributed by atoms with van der Waals surface area (Å²) in [6.07, 6.45) is -0.420. The van der Waals surface area contributed by atoms with Gasteiger partial charge in [-0.3, -0.25) is 9.59 Å². The van der Waals surface area contributed by atoms with Gasteiger partial charge in [0.05, 0.1) is 5.56 Å². The molecule has 4 rings (SSSR count). The van der Waals surface area contributed by atoms with Crippen molar-refractivity contribution in [2.75, 3.05) is 0 Å². The van der Waals surface area contributed by atoms with Crippen molar-refractivity contribution in [3.8, 4) is 0 Å². The third-order valence-corrected chi connectivity index (χ3v) is 5.23. The van der Waals surface area contributed by atoms with Crippen molar-refractivity contribution < 1.29 is 22.4 Å². The maximum atomic E-state index is 14.2. The summed E-state index contributed by atoms with van der Waals surface area (Å²) in [7, 11) is 0. The van der Waals surface area contributed by atoms with Crippen molar-refractivity contribution in [2.45, 2.75) is 43.8 Å². The second-order valence-corrected chi connectivity index (χ2v) is 7.42. The molecule has 0 unspecified atom stereocenters. The second-order valence-electron chi connectivity index (χ2n) is 7.42. The number of alkyl halides is 3. The van der Waals surface area contributed by atoms with Crippen LogP contribution in [-0.2, 0) is 11.0 Å². The van der Waals surface area contributed by atoms with Gasteiger partial charge in [-0.2, -0.15) is 13.2 Å². The third kappa shape index (κ3) is 4.11. The van der Waals surface area contributed by atoms with E-state index in [0.29, 0.717) is 35.7 Å². The number of carbonyl (C=O) groups excluding carboxylic acids is 1. The van der Waals surface area contributed by atoms with Crippen LogP contribution in [0.25, 0.3) is 5.57 Å². The Hall–Kier alpha value is -2.90. The lowest BCUT2D eigenvalue weighted by atomic mass is 9.97. The molecule has 152 valence electrons. The highest BCUT2D eigenvalue weighted by Gasteiger charge is 2.34. The van der Waals surface area contributed by atoms with Gasteiger partial charge in [0, 0.05) is 29.3 Å². The molecule has 1 saturated carbocycles. The maximum absolute atomic E-state index is 14.2. The van der Waals surface area contributed by atoms with E-state index in [2.05, 4.69) is 10.3 Å². The first-order chi connectivity index (χ1) is 13.7. The van der Waals surface area contributed by atoms with Crippen LogP contribution in [0.15, 0.2) is 41.2 Å². The predicted molar refractivity (Wildman–Crippen MR) is 98.7 cm³/mol. The van der Waals surface area contributed by atoms with E-state index in [1.54, 1.807) is 18.2 Å². The molecule has 1 amide bonds. The SMILES string of the molecule is O=C1CC[C@H](C=C(c2ccc(C(F)(F)F)c(F)c2)c2ccc(C3CC3)c(=O)[nH]2)N1. The van der Waals surface area contributed by atoms with E-state index in [1.807, 2.05) is 0 Å². The summed E-state index contributed by atoms with van der Waals surface area (Å²) in [5, 5.41) is 2.75. The van der Waals surface area contributed by atoms with Gasteiger partial charge in [-0.15, -0.1) is 0 Å². The minimum atomic E-state index is -4.80. The van der Waals surface area contributed by atoms with Crippen LogP contribution in [0.3, 0.4) is 0 Å².